The van der Waals surface area contributed by atoms with Crippen molar-refractivity contribution in [1.82, 2.24) is 0 Å². The first-order chi connectivity index (χ1) is 9.38. The third kappa shape index (κ3) is 4.47. The van der Waals surface area contributed by atoms with E-state index in [1.54, 1.807) is 13.8 Å². The molecule has 0 spiro atoms. The molecular formula is C15H21IO4. The summed E-state index contributed by atoms with van der Waals surface area (Å²) in [6.45, 7) is 9.39. The van der Waals surface area contributed by atoms with Gasteiger partial charge in [-0.3, -0.25) is 0 Å². The van der Waals surface area contributed by atoms with E-state index in [1.165, 1.54) is 0 Å². The molecule has 0 amide bonds. The van der Waals surface area contributed by atoms with Crippen LogP contribution < -0.4 is 0 Å². The molecule has 0 saturated heterocycles. The first kappa shape index (κ1) is 16.9. The molecule has 0 aromatic heterocycles. The van der Waals surface area contributed by atoms with E-state index in [-0.39, 0.29) is 24.8 Å². The molecule has 0 N–H and O–H groups in total. The van der Waals surface area contributed by atoms with Crippen LogP contribution in [-0.4, -0.2) is 11.9 Å². The van der Waals surface area contributed by atoms with Crippen LogP contribution >= 0.6 is 20.6 Å². The molecule has 1 aromatic carbocycles. The summed E-state index contributed by atoms with van der Waals surface area (Å²) in [5, 5.41) is 0. The Kier molecular flexibility index (Phi) is 6.45. The Bertz CT molecular complexity index is 470. The van der Waals surface area contributed by atoms with E-state index in [0.29, 0.717) is 0 Å². The Morgan fingerprint density at radius 1 is 0.950 bits per heavy atom. The fourth-order valence-electron chi connectivity index (χ4n) is 1.76. The number of rotatable bonds is 5. The van der Waals surface area contributed by atoms with Gasteiger partial charge in [-0.05, 0) is 0 Å². The van der Waals surface area contributed by atoms with Crippen LogP contribution in [0.2, 0.25) is 0 Å². The van der Waals surface area contributed by atoms with Gasteiger partial charge in [-0.2, -0.15) is 0 Å². The Morgan fingerprint density at radius 3 is 1.70 bits per heavy atom. The SMILES string of the molecule is CCC(=O)OI(OC(=O)CC)c1c(C)cc(C)cc1C. The summed E-state index contributed by atoms with van der Waals surface area (Å²) in [4.78, 5) is 23.2. The predicted molar refractivity (Wildman–Crippen MR) is 86.1 cm³/mol. The second-order valence-electron chi connectivity index (χ2n) is 4.54. The number of aryl methyl sites for hydroxylation is 3. The summed E-state index contributed by atoms with van der Waals surface area (Å²) in [6.07, 6.45) is 0.559. The maximum atomic E-state index is 11.6. The molecule has 5 heteroatoms. The van der Waals surface area contributed by atoms with E-state index in [0.717, 1.165) is 20.3 Å². The summed E-state index contributed by atoms with van der Waals surface area (Å²) >= 11 is -2.74. The summed E-state index contributed by atoms with van der Waals surface area (Å²) in [6, 6.07) is 4.04. The van der Waals surface area contributed by atoms with Gasteiger partial charge < -0.3 is 0 Å². The molecular weight excluding hydrogens is 371 g/mol. The quantitative estimate of drug-likeness (QED) is 0.711. The van der Waals surface area contributed by atoms with E-state index in [2.05, 4.69) is 0 Å². The van der Waals surface area contributed by atoms with Crippen LogP contribution in [0.5, 0.6) is 0 Å². The van der Waals surface area contributed by atoms with Crippen molar-refractivity contribution in [3.05, 3.63) is 32.4 Å². The average Bonchev–Trinajstić information content (AvgIpc) is 2.36. The summed E-state index contributed by atoms with van der Waals surface area (Å²) in [5.74, 6) is -0.642. The minimum atomic E-state index is -2.74. The van der Waals surface area contributed by atoms with E-state index in [9.17, 15) is 9.59 Å². The van der Waals surface area contributed by atoms with Crippen molar-refractivity contribution in [2.45, 2.75) is 47.5 Å². The first-order valence-corrected chi connectivity index (χ1v) is 9.43. The van der Waals surface area contributed by atoms with E-state index in [4.69, 9.17) is 6.13 Å². The van der Waals surface area contributed by atoms with Gasteiger partial charge in [0.1, 0.15) is 0 Å². The Balaban J connectivity index is 3.15. The average molecular weight is 392 g/mol. The molecule has 112 valence electrons. The van der Waals surface area contributed by atoms with E-state index in [1.807, 2.05) is 32.9 Å². The fourth-order valence-corrected chi connectivity index (χ4v) is 5.51. The molecule has 0 saturated carbocycles. The van der Waals surface area contributed by atoms with Crippen LogP contribution in [0.4, 0.5) is 0 Å². The molecule has 0 unspecified atom stereocenters. The zero-order chi connectivity index (χ0) is 15.3. The molecule has 0 atom stereocenters. The molecule has 4 nitrogen and oxygen atoms in total. The van der Waals surface area contributed by atoms with Crippen LogP contribution in [0.3, 0.4) is 0 Å². The fraction of sp³-hybridized carbons (Fsp3) is 0.467. The van der Waals surface area contributed by atoms with Crippen LogP contribution in [0, 0.1) is 24.3 Å². The third-order valence-electron chi connectivity index (χ3n) is 2.62. The van der Waals surface area contributed by atoms with Gasteiger partial charge in [-0.25, -0.2) is 0 Å². The normalized spacial score (nSPS) is 10.9. The van der Waals surface area contributed by atoms with Crippen molar-refractivity contribution in [2.75, 3.05) is 0 Å². The number of halogens is 1. The van der Waals surface area contributed by atoms with Gasteiger partial charge in [-0.1, -0.05) is 0 Å². The Morgan fingerprint density at radius 2 is 1.35 bits per heavy atom. The van der Waals surface area contributed by atoms with Gasteiger partial charge >= 0.3 is 128 Å². The number of carbonyl (C=O) groups is 2. The van der Waals surface area contributed by atoms with Gasteiger partial charge in [0.15, 0.2) is 0 Å². The van der Waals surface area contributed by atoms with Gasteiger partial charge in [0.05, 0.1) is 0 Å². The molecule has 0 radical (unpaired) electrons. The Labute approximate surface area is 128 Å². The number of benzene rings is 1. The van der Waals surface area contributed by atoms with Crippen LogP contribution in [0.15, 0.2) is 12.1 Å². The molecule has 1 rings (SSSR count). The monoisotopic (exact) mass is 392 g/mol. The van der Waals surface area contributed by atoms with Gasteiger partial charge in [0.25, 0.3) is 0 Å². The molecule has 0 aliphatic rings. The third-order valence-corrected chi connectivity index (χ3v) is 6.99. The molecule has 0 fully saturated rings. The molecule has 0 heterocycles. The molecule has 0 bridgehead atoms. The standard InChI is InChI=1S/C15H21IO4/c1-6-13(17)19-16(20-14(18)7-2)15-11(4)8-10(3)9-12(15)5/h8-9H,6-7H2,1-5H3. The minimum absolute atomic E-state index is 0.279. The number of hydrogen-bond acceptors (Lipinski definition) is 4. The molecule has 1 aromatic rings. The van der Waals surface area contributed by atoms with E-state index < -0.39 is 20.6 Å². The van der Waals surface area contributed by atoms with Crippen molar-refractivity contribution in [3.8, 4) is 0 Å². The molecule has 20 heavy (non-hydrogen) atoms. The van der Waals surface area contributed by atoms with Crippen molar-refractivity contribution < 1.29 is 15.7 Å². The maximum absolute atomic E-state index is 11.6. The topological polar surface area (TPSA) is 52.6 Å². The van der Waals surface area contributed by atoms with Gasteiger partial charge in [0.2, 0.25) is 0 Å². The van der Waals surface area contributed by atoms with Crippen LogP contribution in [0.1, 0.15) is 43.4 Å². The Hall–Kier alpha value is -1.11. The zero-order valence-electron chi connectivity index (χ0n) is 12.6. The van der Waals surface area contributed by atoms with Crippen LogP contribution in [-0.2, 0) is 15.7 Å². The summed E-state index contributed by atoms with van der Waals surface area (Å²) in [5.41, 5.74) is 3.17. The van der Waals surface area contributed by atoms with Crippen molar-refractivity contribution in [3.63, 3.8) is 0 Å². The second-order valence-corrected chi connectivity index (χ2v) is 7.74. The predicted octanol–water partition coefficient (Wildman–Crippen LogP) is 4.02. The van der Waals surface area contributed by atoms with Crippen LogP contribution in [0.25, 0.3) is 0 Å². The van der Waals surface area contributed by atoms with Gasteiger partial charge in [-0.15, -0.1) is 0 Å². The molecule has 0 aliphatic heterocycles. The summed E-state index contributed by atoms with van der Waals surface area (Å²) < 4.78 is 11.8. The second kappa shape index (κ2) is 7.61. The number of hydrogen-bond donors (Lipinski definition) is 0. The van der Waals surface area contributed by atoms with Crippen molar-refractivity contribution in [1.29, 1.82) is 0 Å². The molecule has 0 aliphatic carbocycles. The number of carbonyl (C=O) groups excluding carboxylic acids is 2. The van der Waals surface area contributed by atoms with Gasteiger partial charge in [0, 0.05) is 0 Å². The van der Waals surface area contributed by atoms with Crippen molar-refractivity contribution >= 4 is 32.6 Å². The zero-order valence-corrected chi connectivity index (χ0v) is 14.7. The summed E-state index contributed by atoms with van der Waals surface area (Å²) in [7, 11) is 0. The van der Waals surface area contributed by atoms with Crippen molar-refractivity contribution in [2.24, 2.45) is 0 Å². The first-order valence-electron chi connectivity index (χ1n) is 6.59. The van der Waals surface area contributed by atoms with E-state index >= 15 is 0 Å².